The normalized spacial score (nSPS) is 24.6. The summed E-state index contributed by atoms with van der Waals surface area (Å²) in [6.07, 6.45) is 5.12. The van der Waals surface area contributed by atoms with E-state index in [0.717, 1.165) is 18.1 Å². The van der Waals surface area contributed by atoms with E-state index in [2.05, 4.69) is 36.3 Å². The van der Waals surface area contributed by atoms with Gasteiger partial charge in [-0.2, -0.15) is 0 Å². The number of nitrogens with one attached hydrogen (secondary N) is 1. The van der Waals surface area contributed by atoms with Crippen molar-refractivity contribution < 1.29 is 0 Å². The van der Waals surface area contributed by atoms with Crippen molar-refractivity contribution in [1.82, 2.24) is 10.2 Å². The van der Waals surface area contributed by atoms with Gasteiger partial charge < -0.3 is 5.32 Å². The van der Waals surface area contributed by atoms with Crippen LogP contribution in [0.5, 0.6) is 0 Å². The Balaban J connectivity index is 2.33. The highest BCUT2D eigenvalue weighted by Crippen LogP contribution is 2.37. The molecule has 2 atom stereocenters. The third kappa shape index (κ3) is 3.75. The molecule has 112 valence electrons. The lowest BCUT2D eigenvalue weighted by Crippen LogP contribution is -2.37. The maximum atomic E-state index is 6.49. The minimum Gasteiger partial charge on any atom is -0.319 e. The van der Waals surface area contributed by atoms with Crippen molar-refractivity contribution in [1.29, 1.82) is 0 Å². The van der Waals surface area contributed by atoms with Crippen LogP contribution in [0.25, 0.3) is 0 Å². The Morgan fingerprint density at radius 3 is 2.80 bits per heavy atom. The summed E-state index contributed by atoms with van der Waals surface area (Å²) in [4.78, 5) is 2.65. The topological polar surface area (TPSA) is 15.3 Å². The summed E-state index contributed by atoms with van der Waals surface area (Å²) >= 11 is 6.49. The fourth-order valence-corrected chi connectivity index (χ4v) is 3.74. The van der Waals surface area contributed by atoms with Crippen LogP contribution in [0.4, 0.5) is 0 Å². The van der Waals surface area contributed by atoms with Crippen molar-refractivity contribution in [2.24, 2.45) is 5.92 Å². The molecule has 2 rings (SSSR count). The van der Waals surface area contributed by atoms with E-state index < -0.39 is 0 Å². The molecule has 0 bridgehead atoms. The van der Waals surface area contributed by atoms with Gasteiger partial charge in [-0.05, 0) is 63.5 Å². The molecule has 0 amide bonds. The maximum Gasteiger partial charge on any atom is 0.0453 e. The van der Waals surface area contributed by atoms with Crippen molar-refractivity contribution in [2.75, 3.05) is 26.7 Å². The Hall–Kier alpha value is -0.570. The SMILES string of the molecule is CCCN1CCCCC(CNC)C1c1ccccc1Cl. The van der Waals surface area contributed by atoms with Crippen LogP contribution in [0.1, 0.15) is 44.2 Å². The van der Waals surface area contributed by atoms with E-state index in [0.29, 0.717) is 12.0 Å². The Bertz CT molecular complexity index is 392. The Kier molecular flexibility index (Phi) is 6.34. The molecular weight excluding hydrogens is 268 g/mol. The van der Waals surface area contributed by atoms with Gasteiger partial charge in [-0.3, -0.25) is 4.90 Å². The standard InChI is InChI=1S/C17H27ClN2/c1-3-11-20-12-7-6-8-14(13-19-2)17(20)15-9-4-5-10-16(15)18/h4-5,9-10,14,17,19H,3,6-8,11-13H2,1-2H3. The van der Waals surface area contributed by atoms with E-state index in [1.165, 1.54) is 37.8 Å². The van der Waals surface area contributed by atoms with Crippen LogP contribution in [0.3, 0.4) is 0 Å². The highest BCUT2D eigenvalue weighted by Gasteiger charge is 2.31. The van der Waals surface area contributed by atoms with Crippen LogP contribution in [-0.2, 0) is 0 Å². The molecule has 0 aromatic heterocycles. The molecule has 3 heteroatoms. The van der Waals surface area contributed by atoms with Gasteiger partial charge in [0.15, 0.2) is 0 Å². The van der Waals surface area contributed by atoms with E-state index >= 15 is 0 Å². The molecule has 0 saturated carbocycles. The summed E-state index contributed by atoms with van der Waals surface area (Å²) in [5, 5.41) is 4.30. The average molecular weight is 295 g/mol. The van der Waals surface area contributed by atoms with Gasteiger partial charge in [0.25, 0.3) is 0 Å². The lowest BCUT2D eigenvalue weighted by Gasteiger charge is -2.36. The van der Waals surface area contributed by atoms with E-state index in [4.69, 9.17) is 11.6 Å². The fourth-order valence-electron chi connectivity index (χ4n) is 3.50. The van der Waals surface area contributed by atoms with Gasteiger partial charge in [-0.15, -0.1) is 0 Å². The monoisotopic (exact) mass is 294 g/mol. The number of hydrogen-bond acceptors (Lipinski definition) is 2. The Morgan fingerprint density at radius 1 is 1.30 bits per heavy atom. The fraction of sp³-hybridized carbons (Fsp3) is 0.647. The molecule has 1 aromatic rings. The number of benzene rings is 1. The molecule has 1 aliphatic heterocycles. The zero-order valence-electron chi connectivity index (χ0n) is 12.7. The largest absolute Gasteiger partial charge is 0.319 e. The number of rotatable bonds is 5. The van der Waals surface area contributed by atoms with Crippen molar-refractivity contribution in [3.05, 3.63) is 34.9 Å². The van der Waals surface area contributed by atoms with Crippen molar-refractivity contribution in [2.45, 2.75) is 38.6 Å². The maximum absolute atomic E-state index is 6.49. The second-order valence-electron chi connectivity index (χ2n) is 5.82. The number of halogens is 1. The van der Waals surface area contributed by atoms with E-state index in [1.807, 2.05) is 12.1 Å². The number of nitrogens with zero attached hydrogens (tertiary/aromatic N) is 1. The first-order chi connectivity index (χ1) is 9.77. The first-order valence-corrected chi connectivity index (χ1v) is 8.28. The molecule has 1 N–H and O–H groups in total. The zero-order chi connectivity index (χ0) is 14.4. The van der Waals surface area contributed by atoms with Crippen LogP contribution in [0, 0.1) is 5.92 Å². The van der Waals surface area contributed by atoms with Crippen molar-refractivity contribution in [3.63, 3.8) is 0 Å². The van der Waals surface area contributed by atoms with Crippen molar-refractivity contribution >= 4 is 11.6 Å². The van der Waals surface area contributed by atoms with Gasteiger partial charge in [0.05, 0.1) is 0 Å². The Labute approximate surface area is 128 Å². The molecule has 0 aliphatic carbocycles. The molecule has 2 nitrogen and oxygen atoms in total. The summed E-state index contributed by atoms with van der Waals surface area (Å²) in [5.41, 5.74) is 1.31. The zero-order valence-corrected chi connectivity index (χ0v) is 13.5. The summed E-state index contributed by atoms with van der Waals surface area (Å²) in [6, 6.07) is 8.84. The van der Waals surface area contributed by atoms with E-state index in [1.54, 1.807) is 0 Å². The van der Waals surface area contributed by atoms with Gasteiger partial charge >= 0.3 is 0 Å². The number of hydrogen-bond donors (Lipinski definition) is 1. The molecule has 1 saturated heterocycles. The highest BCUT2D eigenvalue weighted by molar-refractivity contribution is 6.31. The van der Waals surface area contributed by atoms with E-state index in [-0.39, 0.29) is 0 Å². The first-order valence-electron chi connectivity index (χ1n) is 7.91. The Morgan fingerprint density at radius 2 is 2.10 bits per heavy atom. The molecule has 1 aromatic carbocycles. The summed E-state index contributed by atoms with van der Waals surface area (Å²) in [5.74, 6) is 0.647. The molecule has 0 radical (unpaired) electrons. The smallest absolute Gasteiger partial charge is 0.0453 e. The van der Waals surface area contributed by atoms with Gasteiger partial charge in [0, 0.05) is 11.1 Å². The number of likely N-dealkylation sites (tertiary alicyclic amines) is 1. The lowest BCUT2D eigenvalue weighted by atomic mass is 9.89. The van der Waals surface area contributed by atoms with Crippen molar-refractivity contribution in [3.8, 4) is 0 Å². The summed E-state index contributed by atoms with van der Waals surface area (Å²) < 4.78 is 0. The third-order valence-corrected chi connectivity index (χ3v) is 4.66. The van der Waals surface area contributed by atoms with Gasteiger partial charge in [0.1, 0.15) is 0 Å². The summed E-state index contributed by atoms with van der Waals surface area (Å²) in [6.45, 7) is 5.69. The minimum atomic E-state index is 0.457. The van der Waals surface area contributed by atoms with Gasteiger partial charge in [-0.1, -0.05) is 43.1 Å². The average Bonchev–Trinajstić information content (AvgIpc) is 2.63. The predicted octanol–water partition coefficient (Wildman–Crippen LogP) is 4.11. The molecule has 20 heavy (non-hydrogen) atoms. The molecule has 2 unspecified atom stereocenters. The van der Waals surface area contributed by atoms with Crippen LogP contribution in [0.2, 0.25) is 5.02 Å². The molecule has 1 fully saturated rings. The minimum absolute atomic E-state index is 0.457. The summed E-state index contributed by atoms with van der Waals surface area (Å²) in [7, 11) is 2.05. The third-order valence-electron chi connectivity index (χ3n) is 4.31. The first kappa shape index (κ1) is 15.8. The quantitative estimate of drug-likeness (QED) is 0.879. The highest BCUT2D eigenvalue weighted by atomic mass is 35.5. The lowest BCUT2D eigenvalue weighted by molar-refractivity contribution is 0.155. The molecular formula is C17H27ClN2. The van der Waals surface area contributed by atoms with Crippen LogP contribution in [-0.4, -0.2) is 31.6 Å². The second-order valence-corrected chi connectivity index (χ2v) is 6.22. The second kappa shape index (κ2) is 8.02. The van der Waals surface area contributed by atoms with Gasteiger partial charge in [-0.25, -0.2) is 0 Å². The molecule has 0 spiro atoms. The predicted molar refractivity (Wildman–Crippen MR) is 87.3 cm³/mol. The molecule has 1 heterocycles. The van der Waals surface area contributed by atoms with Crippen LogP contribution < -0.4 is 5.32 Å². The van der Waals surface area contributed by atoms with E-state index in [9.17, 15) is 0 Å². The van der Waals surface area contributed by atoms with Crippen LogP contribution >= 0.6 is 11.6 Å². The van der Waals surface area contributed by atoms with Crippen LogP contribution in [0.15, 0.2) is 24.3 Å². The van der Waals surface area contributed by atoms with Gasteiger partial charge in [0.2, 0.25) is 0 Å². The molecule has 1 aliphatic rings.